The average molecular weight is 996 g/mol. The van der Waals surface area contributed by atoms with E-state index in [1.807, 2.05) is 62.9 Å². The molecule has 0 aliphatic carbocycles. The van der Waals surface area contributed by atoms with Gasteiger partial charge in [0.1, 0.15) is 45.1 Å². The summed E-state index contributed by atoms with van der Waals surface area (Å²) in [5.74, 6) is 5.45. The Balaban J connectivity index is 1.00. The summed E-state index contributed by atoms with van der Waals surface area (Å²) in [5, 5.41) is 31.2. The minimum Gasteiger partial charge on any atom is -0.493 e. The number of nitrogens with zero attached hydrogens (tertiary/aromatic N) is 9. The molecule has 0 unspecified atom stereocenters. The summed E-state index contributed by atoms with van der Waals surface area (Å²) in [5.41, 5.74) is 12.9. The topological polar surface area (TPSA) is 129 Å². The Morgan fingerprint density at radius 1 is 0.405 bits per heavy atom. The molecule has 3 heterocycles. The van der Waals surface area contributed by atoms with Crippen molar-refractivity contribution in [3.05, 3.63) is 109 Å². The number of benzene rings is 6. The van der Waals surface area contributed by atoms with E-state index in [2.05, 4.69) is 130 Å². The Morgan fingerprint density at radius 2 is 0.797 bits per heavy atom. The van der Waals surface area contributed by atoms with Crippen LogP contribution in [-0.4, -0.2) is 61.5 Å². The Bertz CT molecular complexity index is 3060. The van der Waals surface area contributed by atoms with Gasteiger partial charge in [-0.15, -0.1) is 0 Å². The van der Waals surface area contributed by atoms with Gasteiger partial charge in [-0.25, -0.2) is 0 Å². The van der Waals surface area contributed by atoms with E-state index >= 15 is 0 Å². The van der Waals surface area contributed by atoms with Crippen molar-refractivity contribution >= 4 is 33.1 Å². The van der Waals surface area contributed by atoms with E-state index in [0.29, 0.717) is 75.7 Å². The van der Waals surface area contributed by atoms with Crippen molar-refractivity contribution in [3.63, 3.8) is 0 Å². The molecular formula is C61H73N9O4. The van der Waals surface area contributed by atoms with E-state index in [9.17, 15) is 0 Å². The first kappa shape index (κ1) is 51.6. The van der Waals surface area contributed by atoms with Crippen LogP contribution >= 0.6 is 0 Å². The van der Waals surface area contributed by atoms with E-state index in [4.69, 9.17) is 49.5 Å². The second-order valence-corrected chi connectivity index (χ2v) is 21.7. The van der Waals surface area contributed by atoms with Gasteiger partial charge in [0, 0.05) is 39.7 Å². The molecule has 0 saturated carbocycles. The van der Waals surface area contributed by atoms with Crippen LogP contribution < -0.4 is 28.8 Å². The fourth-order valence-corrected chi connectivity index (χ4v) is 8.88. The number of rotatable bonds is 24. The molecule has 74 heavy (non-hydrogen) atoms. The van der Waals surface area contributed by atoms with Crippen molar-refractivity contribution in [2.45, 2.75) is 108 Å². The molecule has 3 aromatic heterocycles. The monoisotopic (exact) mass is 996 g/mol. The number of hydrogen-bond donors (Lipinski definition) is 0. The van der Waals surface area contributed by atoms with Crippen molar-refractivity contribution in [2.75, 3.05) is 26.4 Å². The lowest BCUT2D eigenvalue weighted by atomic mass is 9.95. The average Bonchev–Trinajstić information content (AvgIpc) is 4.14. The van der Waals surface area contributed by atoms with Gasteiger partial charge < -0.3 is 18.9 Å². The molecule has 9 aromatic rings. The number of aromatic nitrogens is 9. The number of unbranched alkanes of at least 4 members (excludes halogenated alkanes) is 2. The summed E-state index contributed by atoms with van der Waals surface area (Å²) in [7, 11) is 0. The van der Waals surface area contributed by atoms with E-state index in [1.54, 1.807) is 0 Å². The van der Waals surface area contributed by atoms with Gasteiger partial charge in [-0.3, -0.25) is 0 Å². The van der Waals surface area contributed by atoms with Gasteiger partial charge in [-0.2, -0.15) is 45.0 Å². The Labute approximate surface area is 436 Å². The molecular weight excluding hydrogens is 923 g/mol. The maximum Gasteiger partial charge on any atom is 0.162 e. The molecule has 0 saturated heterocycles. The van der Waals surface area contributed by atoms with Gasteiger partial charge in [0.25, 0.3) is 0 Å². The molecule has 0 N–H and O–H groups in total. The molecule has 0 bridgehead atoms. The van der Waals surface area contributed by atoms with Gasteiger partial charge in [-0.05, 0) is 113 Å². The van der Waals surface area contributed by atoms with Crippen LogP contribution in [0.4, 0.5) is 0 Å². The highest BCUT2D eigenvalue weighted by atomic mass is 16.5. The third-order valence-corrected chi connectivity index (χ3v) is 12.5. The minimum absolute atomic E-state index is 0.351. The van der Waals surface area contributed by atoms with E-state index in [1.165, 1.54) is 0 Å². The molecule has 0 spiro atoms. The smallest absolute Gasteiger partial charge is 0.162 e. The lowest BCUT2D eigenvalue weighted by molar-refractivity contribution is -0.804. The van der Waals surface area contributed by atoms with Crippen molar-refractivity contribution in [1.29, 1.82) is 0 Å². The van der Waals surface area contributed by atoms with Crippen molar-refractivity contribution in [1.82, 2.24) is 40.2 Å². The van der Waals surface area contributed by atoms with Gasteiger partial charge in [0.05, 0.1) is 39.5 Å². The zero-order chi connectivity index (χ0) is 51.9. The predicted octanol–water partition coefficient (Wildman–Crippen LogP) is 13.3. The van der Waals surface area contributed by atoms with Crippen LogP contribution in [0.2, 0.25) is 0 Å². The quantitative estimate of drug-likeness (QED) is 0.0426. The predicted molar refractivity (Wildman–Crippen MR) is 296 cm³/mol. The Morgan fingerprint density at radius 3 is 1.22 bits per heavy atom. The van der Waals surface area contributed by atoms with Crippen LogP contribution in [-0.2, 0) is 19.6 Å². The maximum atomic E-state index is 6.10. The lowest BCUT2D eigenvalue weighted by Gasteiger charge is -2.13. The summed E-state index contributed by atoms with van der Waals surface area (Å²) < 4.78 is 24.2. The third kappa shape index (κ3) is 12.4. The zero-order valence-corrected chi connectivity index (χ0v) is 45.0. The number of aryl methyl sites for hydroxylation is 2. The van der Waals surface area contributed by atoms with Crippen LogP contribution in [0.5, 0.6) is 23.0 Å². The van der Waals surface area contributed by atoms with Gasteiger partial charge in [0.2, 0.25) is 0 Å². The summed E-state index contributed by atoms with van der Waals surface area (Å²) in [6.07, 6.45) is 2.66. The normalized spacial score (nSPS) is 12.0. The number of fused-ring (bicyclic) bond motifs is 3. The van der Waals surface area contributed by atoms with E-state index in [0.717, 1.165) is 120 Å². The van der Waals surface area contributed by atoms with Gasteiger partial charge in [-0.1, -0.05) is 130 Å². The highest BCUT2D eigenvalue weighted by Gasteiger charge is 2.24. The SMILES string of the molecule is CC(C)COc1ccc(-c2ccc(-c3ccc(OCC(C)C)cc3)c3nn(CCCCC[n+]4nc5c(-c6ccc(OCC(C)C)cc6)c6nn(CC(C)C)nc6c(-c6ccc(OCC(C)C)cc6)c5[n-]4)nc23)cc1. The summed E-state index contributed by atoms with van der Waals surface area (Å²) >= 11 is 0. The Kier molecular flexibility index (Phi) is 16.2. The first-order valence-electron chi connectivity index (χ1n) is 26.7. The van der Waals surface area contributed by atoms with Crippen LogP contribution in [0.25, 0.3) is 77.6 Å². The fraction of sp³-hybridized carbons (Fsp3) is 0.410. The molecule has 0 aliphatic heterocycles. The standard InChI is InChI=1S/C61H73N9O4/c1-39(2)34-70-66-60-54(46-18-26-50(27-19-46)73-37-42(7)8)58-59(55(61(60)67-70)47-20-28-51(29-21-47)74-38-43(9)10)65-69(64-58)33-13-11-12-32-68-62-56-52(44-14-22-48(23-15-44)71-35-40(3)4)30-31-53(57(56)63-68)45-16-24-49(25-17-45)72-36-41(5)6/h14-31,39-43H,11-13,32-38H2,1-10H3. The van der Waals surface area contributed by atoms with Gasteiger partial charge >= 0.3 is 0 Å². The van der Waals surface area contributed by atoms with E-state index in [-0.39, 0.29) is 0 Å². The molecule has 13 nitrogen and oxygen atoms in total. The first-order valence-corrected chi connectivity index (χ1v) is 26.7. The van der Waals surface area contributed by atoms with Crippen LogP contribution in [0.15, 0.2) is 109 Å². The highest BCUT2D eigenvalue weighted by molar-refractivity contribution is 6.16. The lowest BCUT2D eigenvalue weighted by Crippen LogP contribution is -2.40. The van der Waals surface area contributed by atoms with E-state index < -0.39 is 0 Å². The van der Waals surface area contributed by atoms with Gasteiger partial charge in [0.15, 0.2) is 6.54 Å². The Hall–Kier alpha value is -7.28. The molecule has 0 amide bonds. The third-order valence-electron chi connectivity index (χ3n) is 12.5. The zero-order valence-electron chi connectivity index (χ0n) is 45.0. The number of hydrogen-bond acceptors (Lipinski definition) is 9. The molecule has 9 rings (SSSR count). The van der Waals surface area contributed by atoms with Crippen LogP contribution in [0.1, 0.15) is 88.5 Å². The number of ether oxygens (including phenoxy) is 4. The van der Waals surface area contributed by atoms with Crippen molar-refractivity contribution < 1.29 is 23.7 Å². The maximum absolute atomic E-state index is 6.10. The second-order valence-electron chi connectivity index (χ2n) is 21.7. The fourth-order valence-electron chi connectivity index (χ4n) is 8.88. The molecule has 0 radical (unpaired) electrons. The molecule has 0 fully saturated rings. The molecule has 6 aromatic carbocycles. The van der Waals surface area contributed by atoms with Crippen LogP contribution in [0, 0.1) is 29.6 Å². The van der Waals surface area contributed by atoms with Crippen molar-refractivity contribution in [3.8, 4) is 67.5 Å². The molecule has 386 valence electrons. The second kappa shape index (κ2) is 23.3. The molecule has 13 heteroatoms. The summed E-state index contributed by atoms with van der Waals surface area (Å²) in [6, 6.07) is 37.5. The highest BCUT2D eigenvalue weighted by Crippen LogP contribution is 2.41. The molecule has 0 atom stereocenters. The first-order chi connectivity index (χ1) is 35.8. The van der Waals surface area contributed by atoms with Crippen LogP contribution in [0.3, 0.4) is 0 Å². The summed E-state index contributed by atoms with van der Waals surface area (Å²) in [6.45, 7) is 26.2. The minimum atomic E-state index is 0.351. The summed E-state index contributed by atoms with van der Waals surface area (Å²) in [4.78, 5) is 5.56. The largest absolute Gasteiger partial charge is 0.493 e. The van der Waals surface area contributed by atoms with Crippen molar-refractivity contribution in [2.24, 2.45) is 29.6 Å². The molecule has 0 aliphatic rings.